The Morgan fingerprint density at radius 2 is 1.74 bits per heavy atom. The van der Waals surface area contributed by atoms with Gasteiger partial charge in [-0.2, -0.15) is 4.98 Å². The fourth-order valence-electron chi connectivity index (χ4n) is 3.16. The van der Waals surface area contributed by atoms with E-state index in [0.717, 1.165) is 27.8 Å². The van der Waals surface area contributed by atoms with Crippen molar-refractivity contribution < 1.29 is 0 Å². The van der Waals surface area contributed by atoms with Crippen molar-refractivity contribution in [3.63, 3.8) is 0 Å². The number of thiophene rings is 1. The van der Waals surface area contributed by atoms with Gasteiger partial charge in [-0.15, -0.1) is 16.4 Å². The van der Waals surface area contributed by atoms with Gasteiger partial charge < -0.3 is 5.32 Å². The minimum absolute atomic E-state index is 0.00288. The number of aromatic nitrogens is 3. The number of nitrogens with one attached hydrogen (secondary N) is 1. The minimum atomic E-state index is -0.00288. The van der Waals surface area contributed by atoms with E-state index in [-0.39, 0.29) is 6.04 Å². The first-order chi connectivity index (χ1) is 13.3. The first-order valence-electron chi connectivity index (χ1n) is 8.58. The second kappa shape index (κ2) is 6.68. The topological polar surface area (TPSA) is 42.7 Å². The van der Waals surface area contributed by atoms with Gasteiger partial charge in [0, 0.05) is 21.2 Å². The summed E-state index contributed by atoms with van der Waals surface area (Å²) in [6.45, 7) is 0. The number of hydrogen-bond donors (Lipinski definition) is 1. The molecule has 2 aromatic heterocycles. The zero-order chi connectivity index (χ0) is 18.2. The Labute approximate surface area is 165 Å². The van der Waals surface area contributed by atoms with Gasteiger partial charge >= 0.3 is 0 Å². The zero-order valence-electron chi connectivity index (χ0n) is 14.2. The summed E-state index contributed by atoms with van der Waals surface area (Å²) in [7, 11) is 0. The van der Waals surface area contributed by atoms with Gasteiger partial charge in [0.25, 0.3) is 0 Å². The van der Waals surface area contributed by atoms with E-state index in [2.05, 4.69) is 28.9 Å². The molecule has 0 unspecified atom stereocenters. The molecule has 132 valence electrons. The molecule has 0 radical (unpaired) electrons. The lowest BCUT2D eigenvalue weighted by atomic mass is 10.1. The fourth-order valence-corrected chi connectivity index (χ4v) is 4.07. The summed E-state index contributed by atoms with van der Waals surface area (Å²) in [5.74, 6) is 1.45. The van der Waals surface area contributed by atoms with Crippen molar-refractivity contribution >= 4 is 34.6 Å². The zero-order valence-corrected chi connectivity index (χ0v) is 15.8. The Morgan fingerprint density at radius 3 is 2.48 bits per heavy atom. The van der Waals surface area contributed by atoms with Crippen LogP contribution in [0, 0.1) is 0 Å². The normalized spacial score (nSPS) is 15.7. The SMILES string of the molecule is Clc1ccc(C2=C[C@@H](c3cccs3)n3nc(-c4ccccc4)nc3N2)cc1. The molecule has 1 aliphatic rings. The van der Waals surface area contributed by atoms with Crippen LogP contribution in [-0.2, 0) is 0 Å². The van der Waals surface area contributed by atoms with Gasteiger partial charge in [-0.3, -0.25) is 0 Å². The van der Waals surface area contributed by atoms with Crippen LogP contribution >= 0.6 is 22.9 Å². The third-order valence-electron chi connectivity index (χ3n) is 4.49. The van der Waals surface area contributed by atoms with E-state index in [1.54, 1.807) is 11.3 Å². The van der Waals surface area contributed by atoms with Crippen molar-refractivity contribution in [2.45, 2.75) is 6.04 Å². The van der Waals surface area contributed by atoms with Crippen LogP contribution in [0.3, 0.4) is 0 Å². The molecule has 1 atom stereocenters. The van der Waals surface area contributed by atoms with Crippen LogP contribution in [0.2, 0.25) is 5.02 Å². The van der Waals surface area contributed by atoms with E-state index in [4.69, 9.17) is 21.7 Å². The van der Waals surface area contributed by atoms with E-state index < -0.39 is 0 Å². The van der Waals surface area contributed by atoms with Crippen molar-refractivity contribution in [2.75, 3.05) is 5.32 Å². The predicted molar refractivity (Wildman–Crippen MR) is 111 cm³/mol. The maximum Gasteiger partial charge on any atom is 0.227 e. The molecule has 1 N–H and O–H groups in total. The second-order valence-corrected chi connectivity index (χ2v) is 7.66. The van der Waals surface area contributed by atoms with Gasteiger partial charge in [-0.05, 0) is 35.2 Å². The lowest BCUT2D eigenvalue weighted by Gasteiger charge is -2.23. The molecular formula is C21H15ClN4S. The maximum atomic E-state index is 6.05. The Kier molecular flexibility index (Phi) is 4.03. The van der Waals surface area contributed by atoms with Crippen LogP contribution < -0.4 is 5.32 Å². The van der Waals surface area contributed by atoms with Gasteiger partial charge in [-0.25, -0.2) is 4.68 Å². The van der Waals surface area contributed by atoms with Crippen molar-refractivity contribution in [1.82, 2.24) is 14.8 Å². The standard InChI is InChI=1S/C21H15ClN4S/c22-16-10-8-14(9-11-16)17-13-18(19-7-4-12-27-19)26-21(23-17)24-20(25-26)15-5-2-1-3-6-15/h1-13,18H,(H,23,24,25)/t18-/m0/s1. The summed E-state index contributed by atoms with van der Waals surface area (Å²) in [5.41, 5.74) is 3.07. The average Bonchev–Trinajstić information content (AvgIpc) is 3.38. The highest BCUT2D eigenvalue weighted by Gasteiger charge is 2.26. The van der Waals surface area contributed by atoms with Gasteiger partial charge in [0.05, 0.1) is 0 Å². The molecule has 0 spiro atoms. The third-order valence-corrected chi connectivity index (χ3v) is 5.68. The Hall–Kier alpha value is -2.89. The van der Waals surface area contributed by atoms with Crippen LogP contribution in [0.25, 0.3) is 17.1 Å². The van der Waals surface area contributed by atoms with Crippen LogP contribution in [0.15, 0.2) is 78.2 Å². The fraction of sp³-hybridized carbons (Fsp3) is 0.0476. The first kappa shape index (κ1) is 16.3. The molecule has 0 saturated heterocycles. The van der Waals surface area contributed by atoms with E-state index in [9.17, 15) is 0 Å². The van der Waals surface area contributed by atoms with E-state index in [0.29, 0.717) is 5.82 Å². The molecule has 0 fully saturated rings. The van der Waals surface area contributed by atoms with E-state index in [1.165, 1.54) is 4.88 Å². The van der Waals surface area contributed by atoms with Gasteiger partial charge in [0.15, 0.2) is 5.82 Å². The molecule has 3 heterocycles. The highest BCUT2D eigenvalue weighted by Crippen LogP contribution is 2.35. The molecule has 0 aliphatic carbocycles. The Bertz CT molecular complexity index is 1100. The van der Waals surface area contributed by atoms with E-state index >= 15 is 0 Å². The number of allylic oxidation sites excluding steroid dienone is 1. The smallest absolute Gasteiger partial charge is 0.227 e. The summed E-state index contributed by atoms with van der Waals surface area (Å²) < 4.78 is 1.95. The molecule has 27 heavy (non-hydrogen) atoms. The van der Waals surface area contributed by atoms with Crippen molar-refractivity contribution in [2.24, 2.45) is 0 Å². The number of anilines is 1. The molecule has 1 aliphatic heterocycles. The number of nitrogens with zero attached hydrogens (tertiary/aromatic N) is 3. The molecule has 0 amide bonds. The molecule has 5 rings (SSSR count). The van der Waals surface area contributed by atoms with Crippen LogP contribution in [0.4, 0.5) is 5.95 Å². The van der Waals surface area contributed by atoms with Crippen LogP contribution in [0.1, 0.15) is 16.5 Å². The maximum absolute atomic E-state index is 6.05. The number of halogens is 1. The monoisotopic (exact) mass is 390 g/mol. The van der Waals surface area contributed by atoms with Gasteiger partial charge in [0.1, 0.15) is 6.04 Å². The van der Waals surface area contributed by atoms with Crippen LogP contribution in [0.5, 0.6) is 0 Å². The summed E-state index contributed by atoms with van der Waals surface area (Å²) in [6.07, 6.45) is 2.19. The molecule has 0 saturated carbocycles. The van der Waals surface area contributed by atoms with Gasteiger partial charge in [0.2, 0.25) is 5.95 Å². The minimum Gasteiger partial charge on any atom is -0.324 e. The molecular weight excluding hydrogens is 376 g/mol. The number of hydrogen-bond acceptors (Lipinski definition) is 4. The molecule has 0 bridgehead atoms. The van der Waals surface area contributed by atoms with Crippen molar-refractivity contribution in [3.8, 4) is 11.4 Å². The van der Waals surface area contributed by atoms with Gasteiger partial charge in [-0.1, -0.05) is 60.1 Å². The summed E-state index contributed by atoms with van der Waals surface area (Å²) in [4.78, 5) is 5.97. The number of benzene rings is 2. The number of rotatable bonds is 3. The summed E-state index contributed by atoms with van der Waals surface area (Å²) in [5, 5.41) is 11.0. The Balaban J connectivity index is 1.61. The first-order valence-corrected chi connectivity index (χ1v) is 9.84. The predicted octanol–water partition coefficient (Wildman–Crippen LogP) is 5.72. The molecule has 6 heteroatoms. The summed E-state index contributed by atoms with van der Waals surface area (Å²) in [6, 6.07) is 22.0. The lowest BCUT2D eigenvalue weighted by molar-refractivity contribution is 0.622. The Morgan fingerprint density at radius 1 is 0.926 bits per heavy atom. The number of fused-ring (bicyclic) bond motifs is 1. The highest BCUT2D eigenvalue weighted by atomic mass is 35.5. The second-order valence-electron chi connectivity index (χ2n) is 6.24. The molecule has 4 nitrogen and oxygen atoms in total. The average molecular weight is 391 g/mol. The highest BCUT2D eigenvalue weighted by molar-refractivity contribution is 7.10. The molecule has 4 aromatic rings. The van der Waals surface area contributed by atoms with Crippen molar-refractivity contribution in [1.29, 1.82) is 0 Å². The third kappa shape index (κ3) is 3.05. The quantitative estimate of drug-likeness (QED) is 0.486. The lowest BCUT2D eigenvalue weighted by Crippen LogP contribution is -2.19. The molecule has 2 aromatic carbocycles. The van der Waals surface area contributed by atoms with E-state index in [1.807, 2.05) is 59.3 Å². The van der Waals surface area contributed by atoms with Crippen LogP contribution in [-0.4, -0.2) is 14.8 Å². The largest absolute Gasteiger partial charge is 0.324 e. The van der Waals surface area contributed by atoms with Crippen molar-refractivity contribution in [3.05, 3.63) is 93.6 Å². The summed E-state index contributed by atoms with van der Waals surface area (Å²) >= 11 is 7.76.